The van der Waals surface area contributed by atoms with Crippen molar-refractivity contribution in [2.75, 3.05) is 5.73 Å². The zero-order chi connectivity index (χ0) is 10.8. The molecule has 4 N–H and O–H groups in total. The first-order valence-corrected chi connectivity index (χ1v) is 4.30. The lowest BCUT2D eigenvalue weighted by Crippen LogP contribution is -1.91. The molecule has 1 heterocycles. The summed E-state index contributed by atoms with van der Waals surface area (Å²) >= 11 is 0. The summed E-state index contributed by atoms with van der Waals surface area (Å²) in [5, 5.41) is 8.49. The fourth-order valence-electron chi connectivity index (χ4n) is 1.32. The summed E-state index contributed by atoms with van der Waals surface area (Å²) in [4.78, 5) is 17.3. The summed E-state index contributed by atoms with van der Waals surface area (Å²) in [6, 6.07) is 3.46. The fraction of sp³-hybridized carbons (Fsp3) is 0. The molecular formula is C10H9N3O2. The largest absolute Gasteiger partial charge is 0.478 e. The highest BCUT2D eigenvalue weighted by Crippen LogP contribution is 2.20. The van der Waals surface area contributed by atoms with Gasteiger partial charge in [-0.15, -0.1) is 0 Å². The van der Waals surface area contributed by atoms with E-state index in [-0.39, 0.29) is 0 Å². The molecule has 0 aliphatic carbocycles. The van der Waals surface area contributed by atoms with Crippen LogP contribution in [0.15, 0.2) is 24.5 Å². The zero-order valence-corrected chi connectivity index (χ0v) is 7.77. The van der Waals surface area contributed by atoms with Gasteiger partial charge in [-0.2, -0.15) is 0 Å². The smallest absolute Gasteiger partial charge is 0.328 e. The molecule has 0 saturated heterocycles. The number of fused-ring (bicyclic) bond motifs is 1. The van der Waals surface area contributed by atoms with Crippen molar-refractivity contribution in [3.05, 3.63) is 30.1 Å². The van der Waals surface area contributed by atoms with Crippen LogP contribution in [-0.4, -0.2) is 21.0 Å². The van der Waals surface area contributed by atoms with Crippen LogP contribution >= 0.6 is 0 Å². The molecule has 0 bridgehead atoms. The van der Waals surface area contributed by atoms with Gasteiger partial charge in [0.25, 0.3) is 0 Å². The molecule has 0 amide bonds. The van der Waals surface area contributed by atoms with Gasteiger partial charge in [-0.3, -0.25) is 0 Å². The predicted molar refractivity (Wildman–Crippen MR) is 57.2 cm³/mol. The molecule has 0 fully saturated rings. The van der Waals surface area contributed by atoms with Crippen LogP contribution in [-0.2, 0) is 4.79 Å². The Kier molecular flexibility index (Phi) is 2.13. The van der Waals surface area contributed by atoms with E-state index in [2.05, 4.69) is 9.97 Å². The molecule has 0 saturated carbocycles. The number of nitrogens with one attached hydrogen (secondary N) is 1. The number of carboxylic acids is 1. The third-order valence-electron chi connectivity index (χ3n) is 2.03. The van der Waals surface area contributed by atoms with E-state index in [1.54, 1.807) is 18.5 Å². The molecule has 0 spiro atoms. The number of hydrogen-bond acceptors (Lipinski definition) is 3. The van der Waals surface area contributed by atoms with Crippen LogP contribution in [0.4, 0.5) is 5.69 Å². The van der Waals surface area contributed by atoms with Crippen LogP contribution in [0.2, 0.25) is 0 Å². The van der Waals surface area contributed by atoms with Crippen molar-refractivity contribution in [3.8, 4) is 0 Å². The summed E-state index contributed by atoms with van der Waals surface area (Å²) in [7, 11) is 0. The molecule has 0 atom stereocenters. The molecular weight excluding hydrogens is 194 g/mol. The van der Waals surface area contributed by atoms with E-state index >= 15 is 0 Å². The van der Waals surface area contributed by atoms with Gasteiger partial charge < -0.3 is 15.8 Å². The SMILES string of the molecule is Nc1cc2nc[nH]c2cc1C=CC(=O)O. The van der Waals surface area contributed by atoms with Crippen LogP contribution in [0.3, 0.4) is 0 Å². The Morgan fingerprint density at radius 3 is 3.07 bits per heavy atom. The maximum absolute atomic E-state index is 10.3. The van der Waals surface area contributed by atoms with Crippen molar-refractivity contribution in [3.63, 3.8) is 0 Å². The van der Waals surface area contributed by atoms with Gasteiger partial charge in [0.15, 0.2) is 0 Å². The van der Waals surface area contributed by atoms with Gasteiger partial charge in [-0.05, 0) is 23.8 Å². The average molecular weight is 203 g/mol. The van der Waals surface area contributed by atoms with Crippen molar-refractivity contribution < 1.29 is 9.90 Å². The highest BCUT2D eigenvalue weighted by atomic mass is 16.4. The van der Waals surface area contributed by atoms with Gasteiger partial charge in [0.1, 0.15) is 0 Å². The van der Waals surface area contributed by atoms with Crippen molar-refractivity contribution in [2.45, 2.75) is 0 Å². The Morgan fingerprint density at radius 2 is 2.33 bits per heavy atom. The number of rotatable bonds is 2. The van der Waals surface area contributed by atoms with Crippen LogP contribution < -0.4 is 5.73 Å². The van der Waals surface area contributed by atoms with Crippen LogP contribution in [0.5, 0.6) is 0 Å². The zero-order valence-electron chi connectivity index (χ0n) is 7.77. The van der Waals surface area contributed by atoms with Crippen LogP contribution in [0.25, 0.3) is 17.1 Å². The molecule has 5 nitrogen and oxygen atoms in total. The number of hydrogen-bond donors (Lipinski definition) is 3. The van der Waals surface area contributed by atoms with Crippen molar-refractivity contribution in [1.29, 1.82) is 0 Å². The lowest BCUT2D eigenvalue weighted by atomic mass is 10.1. The highest BCUT2D eigenvalue weighted by Gasteiger charge is 2.01. The molecule has 15 heavy (non-hydrogen) atoms. The Balaban J connectivity index is 2.50. The number of H-pyrrole nitrogens is 1. The second-order valence-corrected chi connectivity index (χ2v) is 3.07. The van der Waals surface area contributed by atoms with Gasteiger partial charge in [-0.25, -0.2) is 9.78 Å². The number of carbonyl (C=O) groups is 1. The number of nitrogens with zero attached hydrogens (tertiary/aromatic N) is 1. The Morgan fingerprint density at radius 1 is 1.53 bits per heavy atom. The number of aromatic nitrogens is 2. The van der Waals surface area contributed by atoms with E-state index in [1.807, 2.05) is 0 Å². The number of benzene rings is 1. The number of carboxylic acid groups (broad SMARTS) is 1. The monoisotopic (exact) mass is 203 g/mol. The van der Waals surface area contributed by atoms with E-state index < -0.39 is 5.97 Å². The molecule has 0 aliphatic rings. The molecule has 0 aliphatic heterocycles. The van der Waals surface area contributed by atoms with E-state index in [4.69, 9.17) is 10.8 Å². The van der Waals surface area contributed by atoms with Crippen molar-refractivity contribution in [2.24, 2.45) is 0 Å². The highest BCUT2D eigenvalue weighted by molar-refractivity contribution is 5.90. The number of aromatic amines is 1. The Bertz CT molecular complexity index is 543. The molecule has 2 aromatic rings. The summed E-state index contributed by atoms with van der Waals surface area (Å²) in [5.74, 6) is -1.00. The maximum atomic E-state index is 10.3. The standard InChI is InChI=1S/C10H9N3O2/c11-7-4-9-8(12-5-13-9)3-6(7)1-2-10(14)15/h1-5H,11H2,(H,12,13)(H,14,15). The maximum Gasteiger partial charge on any atom is 0.328 e. The van der Waals surface area contributed by atoms with E-state index in [0.29, 0.717) is 11.3 Å². The lowest BCUT2D eigenvalue weighted by molar-refractivity contribution is -0.131. The van der Waals surface area contributed by atoms with Gasteiger partial charge >= 0.3 is 5.97 Å². The molecule has 2 rings (SSSR count). The average Bonchev–Trinajstić information content (AvgIpc) is 2.60. The van der Waals surface area contributed by atoms with Crippen molar-refractivity contribution >= 4 is 28.8 Å². The third kappa shape index (κ3) is 1.80. The second-order valence-electron chi connectivity index (χ2n) is 3.07. The van der Waals surface area contributed by atoms with Gasteiger partial charge in [0.2, 0.25) is 0 Å². The third-order valence-corrected chi connectivity index (χ3v) is 2.03. The number of nitrogen functional groups attached to an aromatic ring is 1. The normalized spacial score (nSPS) is 11.2. The number of nitrogens with two attached hydrogens (primary N) is 1. The summed E-state index contributed by atoms with van der Waals surface area (Å²) in [6.07, 6.45) is 4.07. The second kappa shape index (κ2) is 3.45. The molecule has 1 aromatic heterocycles. The van der Waals surface area contributed by atoms with Crippen LogP contribution in [0.1, 0.15) is 5.56 Å². The van der Waals surface area contributed by atoms with Crippen molar-refractivity contribution in [1.82, 2.24) is 9.97 Å². The minimum Gasteiger partial charge on any atom is -0.478 e. The first-order valence-electron chi connectivity index (χ1n) is 4.30. The molecule has 0 unspecified atom stereocenters. The predicted octanol–water partition coefficient (Wildman–Crippen LogP) is 1.24. The van der Waals surface area contributed by atoms with E-state index in [0.717, 1.165) is 17.1 Å². The molecule has 5 heteroatoms. The number of imidazole rings is 1. The summed E-state index contributed by atoms with van der Waals surface area (Å²) < 4.78 is 0. The van der Waals surface area contributed by atoms with Gasteiger partial charge in [0.05, 0.1) is 17.4 Å². The first-order chi connectivity index (χ1) is 7.16. The number of anilines is 1. The summed E-state index contributed by atoms with van der Waals surface area (Å²) in [6.45, 7) is 0. The lowest BCUT2D eigenvalue weighted by Gasteiger charge is -1.99. The van der Waals surface area contributed by atoms with Gasteiger partial charge in [0, 0.05) is 11.8 Å². The minimum absolute atomic E-state index is 0.507. The first kappa shape index (κ1) is 9.26. The van der Waals surface area contributed by atoms with Gasteiger partial charge in [-0.1, -0.05) is 0 Å². The topological polar surface area (TPSA) is 92.0 Å². The minimum atomic E-state index is -1.00. The summed E-state index contributed by atoms with van der Waals surface area (Å²) in [5.41, 5.74) is 8.49. The molecule has 1 aromatic carbocycles. The fourth-order valence-corrected chi connectivity index (χ4v) is 1.32. The molecule has 76 valence electrons. The Labute approximate surface area is 85.2 Å². The number of aliphatic carboxylic acids is 1. The van der Waals surface area contributed by atoms with Crippen LogP contribution in [0, 0.1) is 0 Å². The quantitative estimate of drug-likeness (QED) is 0.505. The van der Waals surface area contributed by atoms with E-state index in [9.17, 15) is 4.79 Å². The Hall–Kier alpha value is -2.30. The molecule has 0 radical (unpaired) electrons. The van der Waals surface area contributed by atoms with E-state index in [1.165, 1.54) is 6.08 Å².